The topological polar surface area (TPSA) is 115 Å². The Morgan fingerprint density at radius 1 is 1.31 bits per heavy atom. The van der Waals surface area contributed by atoms with Gasteiger partial charge in [0.1, 0.15) is 35.0 Å². The van der Waals surface area contributed by atoms with Crippen LogP contribution in [0.4, 0.5) is 17.3 Å². The number of anilines is 3. The van der Waals surface area contributed by atoms with E-state index in [-0.39, 0.29) is 11.5 Å². The smallest absolute Gasteiger partial charge is 0.276 e. The molecule has 2 fully saturated rings. The summed E-state index contributed by atoms with van der Waals surface area (Å²) in [5.74, 6) is 1.53. The van der Waals surface area contributed by atoms with Crippen molar-refractivity contribution < 1.29 is 4.79 Å². The lowest BCUT2D eigenvalue weighted by Crippen LogP contribution is -2.51. The van der Waals surface area contributed by atoms with Crippen LogP contribution in [0.2, 0.25) is 0 Å². The van der Waals surface area contributed by atoms with Gasteiger partial charge in [-0.05, 0) is 50.2 Å². The van der Waals surface area contributed by atoms with E-state index in [0.29, 0.717) is 34.9 Å². The maximum Gasteiger partial charge on any atom is 0.276 e. The van der Waals surface area contributed by atoms with Gasteiger partial charge in [-0.15, -0.1) is 0 Å². The minimum atomic E-state index is -0.570. The molecule has 3 heterocycles. The van der Waals surface area contributed by atoms with Gasteiger partial charge >= 0.3 is 0 Å². The highest BCUT2D eigenvalue weighted by atomic mass is 16.2. The molecule has 1 amide bonds. The van der Waals surface area contributed by atoms with Crippen molar-refractivity contribution in [1.29, 1.82) is 0 Å². The fraction of sp³-hybridized carbons (Fsp3) is 0.444. The van der Waals surface area contributed by atoms with Crippen LogP contribution in [0.5, 0.6) is 0 Å². The Hall–Kier alpha value is -2.90. The summed E-state index contributed by atoms with van der Waals surface area (Å²) in [6, 6.07) is 3.28. The van der Waals surface area contributed by atoms with Crippen molar-refractivity contribution in [1.82, 2.24) is 19.9 Å². The summed E-state index contributed by atoms with van der Waals surface area (Å²) in [5.41, 5.74) is 6.57. The molecule has 0 saturated heterocycles. The van der Waals surface area contributed by atoms with E-state index in [0.717, 1.165) is 24.8 Å². The lowest BCUT2D eigenvalue weighted by atomic mass is 9.88. The number of aromatic nitrogens is 3. The van der Waals surface area contributed by atoms with Gasteiger partial charge in [0.15, 0.2) is 0 Å². The van der Waals surface area contributed by atoms with Gasteiger partial charge < -0.3 is 16.4 Å². The summed E-state index contributed by atoms with van der Waals surface area (Å²) >= 11 is 0. The third kappa shape index (κ3) is 1.95. The predicted octanol–water partition coefficient (Wildman–Crippen LogP) is 1.49. The molecular formula is C18H20N6O2. The maximum atomic E-state index is 13.3. The van der Waals surface area contributed by atoms with Gasteiger partial charge in [0, 0.05) is 12.0 Å². The highest BCUT2D eigenvalue weighted by Crippen LogP contribution is 2.54. The third-order valence-corrected chi connectivity index (χ3v) is 6.10. The van der Waals surface area contributed by atoms with Crippen LogP contribution in [-0.4, -0.2) is 20.4 Å². The summed E-state index contributed by atoms with van der Waals surface area (Å²) in [7, 11) is 0. The standard InChI is InChI=1S/C18H20N6O2/c1-9-4-12(22-14-6-13(19)20-8-21-14)17(26)24-15(9)16(25)23-18(24)7-10-2-3-11(18)5-10/h4,6,8,10-11H,2-3,5,7H2,1H3,(H,23,25)(H3,19,20,21,22)/t10-,11+,18?/m0/s1. The molecule has 2 saturated carbocycles. The minimum absolute atomic E-state index is 0.148. The number of hydrogen-bond donors (Lipinski definition) is 3. The second-order valence-corrected chi connectivity index (χ2v) is 7.64. The molecule has 1 spiro atoms. The van der Waals surface area contributed by atoms with E-state index < -0.39 is 5.66 Å². The molecule has 3 aliphatic rings. The zero-order chi connectivity index (χ0) is 18.1. The fourth-order valence-corrected chi connectivity index (χ4v) is 5.11. The number of carbonyl (C=O) groups excluding carboxylic acids is 1. The van der Waals surface area contributed by atoms with Gasteiger partial charge in [0.2, 0.25) is 0 Å². The zero-order valence-corrected chi connectivity index (χ0v) is 14.5. The summed E-state index contributed by atoms with van der Waals surface area (Å²) in [4.78, 5) is 34.0. The van der Waals surface area contributed by atoms with Crippen LogP contribution in [0.15, 0.2) is 23.3 Å². The number of nitrogens with zero attached hydrogens (tertiary/aromatic N) is 3. The number of nitrogen functional groups attached to an aromatic ring is 1. The quantitative estimate of drug-likeness (QED) is 0.754. The Morgan fingerprint density at radius 3 is 2.85 bits per heavy atom. The Bertz CT molecular complexity index is 1000. The Labute approximate surface area is 149 Å². The second-order valence-electron chi connectivity index (χ2n) is 7.64. The molecular weight excluding hydrogens is 332 g/mol. The normalized spacial score (nSPS) is 28.4. The highest BCUT2D eigenvalue weighted by Gasteiger charge is 2.57. The summed E-state index contributed by atoms with van der Waals surface area (Å²) in [6.45, 7) is 1.86. The van der Waals surface area contributed by atoms with Gasteiger partial charge in [-0.3, -0.25) is 14.2 Å². The first-order chi connectivity index (χ1) is 12.5. The van der Waals surface area contributed by atoms with Crippen molar-refractivity contribution in [2.75, 3.05) is 11.1 Å². The number of hydrogen-bond acceptors (Lipinski definition) is 6. The van der Waals surface area contributed by atoms with Crippen LogP contribution in [0.25, 0.3) is 0 Å². The molecule has 2 aromatic rings. The first kappa shape index (κ1) is 15.4. The van der Waals surface area contributed by atoms with E-state index in [9.17, 15) is 9.59 Å². The molecule has 8 nitrogen and oxygen atoms in total. The Balaban J connectivity index is 1.66. The Kier molecular flexibility index (Phi) is 2.99. The molecule has 3 atom stereocenters. The van der Waals surface area contributed by atoms with Crippen LogP contribution < -0.4 is 21.9 Å². The average molecular weight is 352 g/mol. The van der Waals surface area contributed by atoms with Crippen molar-refractivity contribution in [2.45, 2.75) is 38.3 Å². The summed E-state index contributed by atoms with van der Waals surface area (Å²) in [6.07, 6.45) is 5.49. The van der Waals surface area contributed by atoms with Crippen LogP contribution >= 0.6 is 0 Å². The molecule has 4 N–H and O–H groups in total. The lowest BCUT2D eigenvalue weighted by molar-refractivity contribution is 0.0845. The predicted molar refractivity (Wildman–Crippen MR) is 96.1 cm³/mol. The molecule has 134 valence electrons. The van der Waals surface area contributed by atoms with Crippen LogP contribution in [0, 0.1) is 18.8 Å². The van der Waals surface area contributed by atoms with Crippen molar-refractivity contribution >= 4 is 23.2 Å². The molecule has 2 aliphatic carbocycles. The zero-order valence-electron chi connectivity index (χ0n) is 14.5. The molecule has 26 heavy (non-hydrogen) atoms. The number of carbonyl (C=O) groups is 1. The van der Waals surface area contributed by atoms with Crippen molar-refractivity contribution in [2.24, 2.45) is 11.8 Å². The van der Waals surface area contributed by atoms with Gasteiger partial charge in [0.25, 0.3) is 11.5 Å². The molecule has 0 aromatic carbocycles. The SMILES string of the molecule is Cc1cc(Nc2cc(N)ncn2)c(=O)n2c1C(=O)NC21C[C@H]2CC[C@@H]1C2. The molecule has 1 aliphatic heterocycles. The van der Waals surface area contributed by atoms with E-state index in [4.69, 9.17) is 5.73 Å². The minimum Gasteiger partial charge on any atom is -0.384 e. The van der Waals surface area contributed by atoms with Crippen LogP contribution in [-0.2, 0) is 5.66 Å². The van der Waals surface area contributed by atoms with Crippen LogP contribution in [0.3, 0.4) is 0 Å². The highest BCUT2D eigenvalue weighted by molar-refractivity contribution is 5.97. The summed E-state index contributed by atoms with van der Waals surface area (Å²) in [5, 5.41) is 6.20. The average Bonchev–Trinajstić information content (AvgIpc) is 3.26. The number of aryl methyl sites for hydroxylation is 1. The largest absolute Gasteiger partial charge is 0.384 e. The molecule has 8 heteroatoms. The third-order valence-electron chi connectivity index (χ3n) is 6.10. The van der Waals surface area contributed by atoms with E-state index in [1.807, 2.05) is 6.92 Å². The van der Waals surface area contributed by atoms with E-state index >= 15 is 0 Å². The lowest BCUT2D eigenvalue weighted by Gasteiger charge is -2.35. The van der Waals surface area contributed by atoms with Gasteiger partial charge in [0.05, 0.1) is 0 Å². The fourth-order valence-electron chi connectivity index (χ4n) is 5.11. The first-order valence-electron chi connectivity index (χ1n) is 8.92. The number of nitrogens with two attached hydrogens (primary N) is 1. The van der Waals surface area contributed by atoms with Crippen molar-refractivity contribution in [3.8, 4) is 0 Å². The monoisotopic (exact) mass is 352 g/mol. The molecule has 5 rings (SSSR count). The van der Waals surface area contributed by atoms with E-state index in [2.05, 4.69) is 20.6 Å². The molecule has 2 bridgehead atoms. The maximum absolute atomic E-state index is 13.3. The van der Waals surface area contributed by atoms with E-state index in [1.54, 1.807) is 16.7 Å². The summed E-state index contributed by atoms with van der Waals surface area (Å²) < 4.78 is 1.71. The van der Waals surface area contributed by atoms with Gasteiger partial charge in [-0.2, -0.15) is 0 Å². The second kappa shape index (κ2) is 5.06. The number of fused-ring (bicyclic) bond motifs is 5. The van der Waals surface area contributed by atoms with Crippen LogP contribution in [0.1, 0.15) is 41.7 Å². The van der Waals surface area contributed by atoms with Gasteiger partial charge in [-0.1, -0.05) is 0 Å². The van der Waals surface area contributed by atoms with Crippen molar-refractivity contribution in [3.63, 3.8) is 0 Å². The van der Waals surface area contributed by atoms with Gasteiger partial charge in [-0.25, -0.2) is 9.97 Å². The molecule has 0 radical (unpaired) electrons. The molecule has 1 unspecified atom stereocenters. The number of nitrogens with one attached hydrogen (secondary N) is 2. The van der Waals surface area contributed by atoms with Crippen molar-refractivity contribution in [3.05, 3.63) is 40.1 Å². The molecule has 2 aromatic heterocycles. The number of amides is 1. The number of rotatable bonds is 2. The first-order valence-corrected chi connectivity index (χ1v) is 8.92. The van der Waals surface area contributed by atoms with E-state index in [1.165, 1.54) is 12.7 Å². The number of pyridine rings is 1. The Morgan fingerprint density at radius 2 is 2.15 bits per heavy atom.